The largest absolute Gasteiger partial charge is 0.480 e. The number of hydrogen-bond donors (Lipinski definition) is 1. The molecule has 1 atom stereocenters. The average Bonchev–Trinajstić information content (AvgIpc) is 2.77. The van der Waals surface area contributed by atoms with E-state index >= 15 is 0 Å². The molecule has 1 saturated heterocycles. The number of halogens is 2. The summed E-state index contributed by atoms with van der Waals surface area (Å²) in [5, 5.41) is 9.72. The van der Waals surface area contributed by atoms with Gasteiger partial charge in [-0.15, -0.1) is 0 Å². The zero-order chi connectivity index (χ0) is 13.3. The molecule has 1 amide bonds. The van der Waals surface area contributed by atoms with E-state index in [4.69, 9.17) is 28.3 Å². The zero-order valence-electron chi connectivity index (χ0n) is 9.40. The maximum Gasteiger partial charge on any atom is 0.326 e. The van der Waals surface area contributed by atoms with Crippen LogP contribution in [0.25, 0.3) is 0 Å². The van der Waals surface area contributed by atoms with Gasteiger partial charge in [0, 0.05) is 11.6 Å². The second-order valence-electron chi connectivity index (χ2n) is 4.12. The van der Waals surface area contributed by atoms with E-state index in [1.165, 1.54) is 17.0 Å². The van der Waals surface area contributed by atoms with Crippen LogP contribution in [0, 0.1) is 0 Å². The van der Waals surface area contributed by atoms with E-state index in [2.05, 4.69) is 0 Å². The van der Waals surface area contributed by atoms with Crippen LogP contribution in [0.2, 0.25) is 10.0 Å². The predicted molar refractivity (Wildman–Crippen MR) is 68.2 cm³/mol. The lowest BCUT2D eigenvalue weighted by Gasteiger charge is -2.21. The van der Waals surface area contributed by atoms with Crippen molar-refractivity contribution in [3.05, 3.63) is 33.8 Å². The highest BCUT2D eigenvalue weighted by atomic mass is 35.5. The maximum atomic E-state index is 12.2. The SMILES string of the molecule is O=C(O)[C@H]1CCCN1C(=O)c1ccc(Cl)cc1Cl. The van der Waals surface area contributed by atoms with Crippen molar-refractivity contribution in [1.29, 1.82) is 0 Å². The summed E-state index contributed by atoms with van der Waals surface area (Å²) in [4.78, 5) is 24.6. The molecule has 1 fully saturated rings. The first-order chi connectivity index (χ1) is 8.50. The molecule has 6 heteroatoms. The smallest absolute Gasteiger partial charge is 0.326 e. The van der Waals surface area contributed by atoms with Crippen molar-refractivity contribution in [3.63, 3.8) is 0 Å². The molecule has 0 aliphatic carbocycles. The molecule has 0 spiro atoms. The lowest BCUT2D eigenvalue weighted by Crippen LogP contribution is -2.40. The Bertz CT molecular complexity index is 504. The minimum absolute atomic E-state index is 0.239. The minimum atomic E-state index is -0.981. The first-order valence-corrected chi connectivity index (χ1v) is 6.25. The number of hydrogen-bond acceptors (Lipinski definition) is 2. The van der Waals surface area contributed by atoms with Crippen molar-refractivity contribution in [2.75, 3.05) is 6.54 Å². The molecule has 4 nitrogen and oxygen atoms in total. The number of benzene rings is 1. The average molecular weight is 288 g/mol. The van der Waals surface area contributed by atoms with Crippen LogP contribution in [0.15, 0.2) is 18.2 Å². The highest BCUT2D eigenvalue weighted by Gasteiger charge is 2.34. The second kappa shape index (κ2) is 5.16. The Labute approximate surface area is 114 Å². The van der Waals surface area contributed by atoms with Crippen molar-refractivity contribution in [1.82, 2.24) is 4.90 Å². The third kappa shape index (κ3) is 2.44. The lowest BCUT2D eigenvalue weighted by atomic mass is 10.1. The van der Waals surface area contributed by atoms with Crippen LogP contribution < -0.4 is 0 Å². The van der Waals surface area contributed by atoms with Crippen LogP contribution in [0.4, 0.5) is 0 Å². The standard InChI is InChI=1S/C12H11Cl2NO3/c13-7-3-4-8(9(14)6-7)11(16)15-5-1-2-10(15)12(17)18/h3-4,6,10H,1-2,5H2,(H,17,18)/t10-/m1/s1. The van der Waals surface area contributed by atoms with Crippen LogP contribution >= 0.6 is 23.2 Å². The lowest BCUT2D eigenvalue weighted by molar-refractivity contribution is -0.141. The molecule has 1 aliphatic heterocycles. The Morgan fingerprint density at radius 3 is 2.67 bits per heavy atom. The molecule has 1 aliphatic rings. The molecule has 0 radical (unpaired) electrons. The van der Waals surface area contributed by atoms with Gasteiger partial charge in [0.1, 0.15) is 6.04 Å². The predicted octanol–water partition coefficient (Wildman–Crippen LogP) is 2.68. The summed E-state index contributed by atoms with van der Waals surface area (Å²) in [6.45, 7) is 0.439. The van der Waals surface area contributed by atoms with Gasteiger partial charge in [0.2, 0.25) is 0 Å². The fraction of sp³-hybridized carbons (Fsp3) is 0.333. The Hall–Kier alpha value is -1.26. The highest BCUT2D eigenvalue weighted by Crippen LogP contribution is 2.26. The van der Waals surface area contributed by atoms with Crippen LogP contribution in [-0.4, -0.2) is 34.5 Å². The Morgan fingerprint density at radius 2 is 2.06 bits per heavy atom. The van der Waals surface area contributed by atoms with Crippen molar-refractivity contribution < 1.29 is 14.7 Å². The topological polar surface area (TPSA) is 57.6 Å². The van der Waals surface area contributed by atoms with Gasteiger partial charge in [0.05, 0.1) is 10.6 Å². The van der Waals surface area contributed by atoms with E-state index in [-0.39, 0.29) is 16.5 Å². The molecule has 0 unspecified atom stereocenters. The molecule has 2 rings (SSSR count). The molecule has 18 heavy (non-hydrogen) atoms. The normalized spacial score (nSPS) is 19.0. The summed E-state index contributed by atoms with van der Waals surface area (Å²) >= 11 is 11.7. The van der Waals surface area contributed by atoms with Crippen molar-refractivity contribution in [3.8, 4) is 0 Å². The Balaban J connectivity index is 2.28. The van der Waals surface area contributed by atoms with E-state index in [9.17, 15) is 9.59 Å². The summed E-state index contributed by atoms with van der Waals surface area (Å²) < 4.78 is 0. The second-order valence-corrected chi connectivity index (χ2v) is 4.96. The molecule has 96 valence electrons. The van der Waals surface area contributed by atoms with Gasteiger partial charge in [0.15, 0.2) is 0 Å². The number of amides is 1. The van der Waals surface area contributed by atoms with Crippen LogP contribution in [0.5, 0.6) is 0 Å². The number of carboxylic acids is 1. The molecule has 1 N–H and O–H groups in total. The number of aliphatic carboxylic acids is 1. The van der Waals surface area contributed by atoms with Crippen molar-refractivity contribution >= 4 is 35.1 Å². The van der Waals surface area contributed by atoms with Gasteiger partial charge in [-0.05, 0) is 31.0 Å². The number of carbonyl (C=O) groups is 2. The minimum Gasteiger partial charge on any atom is -0.480 e. The van der Waals surface area contributed by atoms with E-state index in [1.54, 1.807) is 6.07 Å². The third-order valence-electron chi connectivity index (χ3n) is 2.96. The molecule has 1 aromatic rings. The van der Waals surface area contributed by atoms with Gasteiger partial charge in [0.25, 0.3) is 5.91 Å². The summed E-state index contributed by atoms with van der Waals surface area (Å²) in [7, 11) is 0. The fourth-order valence-electron chi connectivity index (χ4n) is 2.08. The van der Waals surface area contributed by atoms with Gasteiger partial charge in [-0.2, -0.15) is 0 Å². The van der Waals surface area contributed by atoms with Gasteiger partial charge >= 0.3 is 5.97 Å². The molecular weight excluding hydrogens is 277 g/mol. The van der Waals surface area contributed by atoms with Crippen LogP contribution in [-0.2, 0) is 4.79 Å². The Kier molecular flexibility index (Phi) is 3.78. The molecule has 1 aromatic carbocycles. The summed E-state index contributed by atoms with van der Waals surface area (Å²) in [6, 6.07) is 3.79. The van der Waals surface area contributed by atoms with Crippen LogP contribution in [0.3, 0.4) is 0 Å². The molecule has 0 aromatic heterocycles. The fourth-order valence-corrected chi connectivity index (χ4v) is 2.57. The molecular formula is C12H11Cl2NO3. The number of carboxylic acid groups (broad SMARTS) is 1. The number of carbonyl (C=O) groups excluding carboxylic acids is 1. The third-order valence-corrected chi connectivity index (χ3v) is 3.51. The first-order valence-electron chi connectivity index (χ1n) is 5.49. The monoisotopic (exact) mass is 287 g/mol. The van der Waals surface area contributed by atoms with Crippen molar-refractivity contribution in [2.24, 2.45) is 0 Å². The van der Waals surface area contributed by atoms with Gasteiger partial charge < -0.3 is 10.0 Å². The highest BCUT2D eigenvalue weighted by molar-refractivity contribution is 6.36. The number of rotatable bonds is 2. The zero-order valence-corrected chi connectivity index (χ0v) is 10.9. The number of nitrogens with zero attached hydrogens (tertiary/aromatic N) is 1. The summed E-state index contributed by atoms with van der Waals surface area (Å²) in [5.41, 5.74) is 0.286. The van der Waals surface area contributed by atoms with Crippen molar-refractivity contribution in [2.45, 2.75) is 18.9 Å². The van der Waals surface area contributed by atoms with Gasteiger partial charge in [-0.3, -0.25) is 4.79 Å². The summed E-state index contributed by atoms with van der Waals surface area (Å²) in [5.74, 6) is -1.34. The van der Waals surface area contributed by atoms with E-state index < -0.39 is 12.0 Å². The van der Waals surface area contributed by atoms with E-state index in [1.807, 2.05) is 0 Å². The van der Waals surface area contributed by atoms with Gasteiger partial charge in [-0.1, -0.05) is 23.2 Å². The van der Waals surface area contributed by atoms with E-state index in [0.29, 0.717) is 24.4 Å². The summed E-state index contributed by atoms with van der Waals surface area (Å²) in [6.07, 6.45) is 1.17. The van der Waals surface area contributed by atoms with Gasteiger partial charge in [-0.25, -0.2) is 4.79 Å². The number of likely N-dealkylation sites (tertiary alicyclic amines) is 1. The maximum absolute atomic E-state index is 12.2. The molecule has 0 bridgehead atoms. The quantitative estimate of drug-likeness (QED) is 0.910. The van der Waals surface area contributed by atoms with Crippen LogP contribution in [0.1, 0.15) is 23.2 Å². The molecule has 1 heterocycles. The first kappa shape index (κ1) is 13.2. The van der Waals surface area contributed by atoms with E-state index in [0.717, 1.165) is 0 Å². The molecule has 0 saturated carbocycles. The Morgan fingerprint density at radius 1 is 1.33 bits per heavy atom.